The Labute approximate surface area is 193 Å². The summed E-state index contributed by atoms with van der Waals surface area (Å²) in [6.45, 7) is 4.41. The Kier molecular flexibility index (Phi) is 6.76. The van der Waals surface area contributed by atoms with Gasteiger partial charge in [0.15, 0.2) is 0 Å². The SMILES string of the molecule is N#CC1(C(=O)NCC2CNC(C3CCC4CCCCC4C3)NC2N2CCC(CN)C2)CC1. The van der Waals surface area contributed by atoms with Crippen molar-refractivity contribution in [3.63, 3.8) is 0 Å². The van der Waals surface area contributed by atoms with Crippen LogP contribution in [0.15, 0.2) is 0 Å². The Morgan fingerprint density at radius 1 is 1.12 bits per heavy atom. The van der Waals surface area contributed by atoms with Crippen molar-refractivity contribution < 1.29 is 4.79 Å². The van der Waals surface area contributed by atoms with E-state index in [4.69, 9.17) is 5.73 Å². The summed E-state index contributed by atoms with van der Waals surface area (Å²) in [7, 11) is 0. The fourth-order valence-electron chi connectivity index (χ4n) is 7.09. The molecule has 0 spiro atoms. The Bertz CT molecular complexity index is 718. The predicted molar refractivity (Wildman–Crippen MR) is 124 cm³/mol. The van der Waals surface area contributed by atoms with Crippen LogP contribution in [0.5, 0.6) is 0 Å². The van der Waals surface area contributed by atoms with Crippen LogP contribution in [0, 0.1) is 46.3 Å². The Morgan fingerprint density at radius 3 is 2.62 bits per heavy atom. The van der Waals surface area contributed by atoms with E-state index in [-0.39, 0.29) is 12.1 Å². The molecule has 1 amide bonds. The number of carbonyl (C=O) groups is 1. The van der Waals surface area contributed by atoms with E-state index in [0.717, 1.165) is 44.4 Å². The quantitative estimate of drug-likeness (QED) is 0.499. The van der Waals surface area contributed by atoms with E-state index in [1.807, 2.05) is 0 Å². The number of fused-ring (bicyclic) bond motifs is 1. The summed E-state index contributed by atoms with van der Waals surface area (Å²) in [6.07, 6.45) is 13.0. The van der Waals surface area contributed by atoms with E-state index in [0.29, 0.717) is 43.3 Å². The van der Waals surface area contributed by atoms with E-state index in [9.17, 15) is 10.1 Å². The molecule has 0 aromatic carbocycles. The lowest BCUT2D eigenvalue weighted by molar-refractivity contribution is -0.124. The van der Waals surface area contributed by atoms with E-state index in [2.05, 4.69) is 26.9 Å². The molecule has 0 radical (unpaired) electrons. The second-order valence-electron chi connectivity index (χ2n) is 11.4. The smallest absolute Gasteiger partial charge is 0.240 e. The third kappa shape index (κ3) is 4.57. The van der Waals surface area contributed by atoms with Crippen LogP contribution in [-0.4, -0.2) is 55.9 Å². The number of nitriles is 1. The van der Waals surface area contributed by atoms with Crippen LogP contribution in [0.2, 0.25) is 0 Å². The van der Waals surface area contributed by atoms with Crippen LogP contribution in [0.25, 0.3) is 0 Å². The van der Waals surface area contributed by atoms with Crippen molar-refractivity contribution in [3.8, 4) is 6.07 Å². The molecular weight excluding hydrogens is 400 g/mol. The van der Waals surface area contributed by atoms with Crippen molar-refractivity contribution >= 4 is 5.91 Å². The van der Waals surface area contributed by atoms with Gasteiger partial charge < -0.3 is 16.4 Å². The number of rotatable bonds is 6. The highest BCUT2D eigenvalue weighted by atomic mass is 16.2. The van der Waals surface area contributed by atoms with Crippen LogP contribution in [0.3, 0.4) is 0 Å². The maximum atomic E-state index is 12.6. The summed E-state index contributed by atoms with van der Waals surface area (Å²) in [4.78, 5) is 15.1. The van der Waals surface area contributed by atoms with Crippen LogP contribution >= 0.6 is 0 Å². The number of nitrogens with one attached hydrogen (secondary N) is 3. The van der Waals surface area contributed by atoms with Gasteiger partial charge in [0.25, 0.3) is 0 Å². The highest BCUT2D eigenvalue weighted by Gasteiger charge is 2.51. The minimum atomic E-state index is -0.746. The monoisotopic (exact) mass is 442 g/mol. The maximum Gasteiger partial charge on any atom is 0.240 e. The Balaban J connectivity index is 1.22. The summed E-state index contributed by atoms with van der Waals surface area (Å²) in [6, 6.07) is 2.22. The van der Waals surface area contributed by atoms with Gasteiger partial charge >= 0.3 is 0 Å². The number of hydrogen-bond acceptors (Lipinski definition) is 6. The minimum Gasteiger partial charge on any atom is -0.354 e. The fraction of sp³-hybridized carbons (Fsp3) is 0.920. The number of nitrogens with two attached hydrogens (primary N) is 1. The van der Waals surface area contributed by atoms with Crippen molar-refractivity contribution in [2.45, 2.75) is 76.5 Å². The first-order chi connectivity index (χ1) is 15.6. The molecule has 3 aliphatic carbocycles. The van der Waals surface area contributed by atoms with Gasteiger partial charge in [0.2, 0.25) is 5.91 Å². The average molecular weight is 443 g/mol. The molecule has 32 heavy (non-hydrogen) atoms. The molecule has 0 aromatic heterocycles. The molecule has 5 fully saturated rings. The molecule has 5 aliphatic rings. The van der Waals surface area contributed by atoms with Crippen molar-refractivity contribution in [2.24, 2.45) is 40.7 Å². The molecule has 5 N–H and O–H groups in total. The summed E-state index contributed by atoms with van der Waals surface area (Å²) in [5.41, 5.74) is 5.24. The molecule has 178 valence electrons. The molecule has 2 heterocycles. The Hall–Kier alpha value is -1.20. The molecule has 2 saturated heterocycles. The molecule has 2 aliphatic heterocycles. The number of hydrogen-bond donors (Lipinski definition) is 4. The normalized spacial score (nSPS) is 41.4. The van der Waals surface area contributed by atoms with E-state index < -0.39 is 5.41 Å². The van der Waals surface area contributed by atoms with Crippen molar-refractivity contribution in [1.82, 2.24) is 20.9 Å². The average Bonchev–Trinajstić information content (AvgIpc) is 3.51. The summed E-state index contributed by atoms with van der Waals surface area (Å²) in [5, 5.41) is 20.3. The van der Waals surface area contributed by atoms with Gasteiger partial charge in [-0.1, -0.05) is 25.7 Å². The third-order valence-electron chi connectivity index (χ3n) is 9.42. The van der Waals surface area contributed by atoms with Gasteiger partial charge in [0.05, 0.1) is 18.4 Å². The summed E-state index contributed by atoms with van der Waals surface area (Å²) < 4.78 is 0. The van der Waals surface area contributed by atoms with Gasteiger partial charge in [-0.25, -0.2) is 0 Å². The lowest BCUT2D eigenvalue weighted by atomic mass is 9.66. The van der Waals surface area contributed by atoms with Crippen LogP contribution in [0.4, 0.5) is 0 Å². The first-order valence-corrected chi connectivity index (χ1v) is 13.2. The van der Waals surface area contributed by atoms with Crippen molar-refractivity contribution in [2.75, 3.05) is 32.7 Å². The standard InChI is InChI=1S/C25H42N6O/c26-12-17-7-10-31(15-17)23-21(14-29-24(32)25(16-27)8-9-25)13-28-22(30-23)20-6-5-18-3-1-2-4-19(18)11-20/h17-23,28,30H,1-15,26H2,(H,29,32). The lowest BCUT2D eigenvalue weighted by Gasteiger charge is -2.48. The zero-order valence-electron chi connectivity index (χ0n) is 19.5. The molecule has 7 heteroatoms. The van der Waals surface area contributed by atoms with E-state index in [1.165, 1.54) is 44.9 Å². The fourth-order valence-corrected chi connectivity index (χ4v) is 7.09. The van der Waals surface area contributed by atoms with Gasteiger partial charge in [0.1, 0.15) is 5.41 Å². The highest BCUT2D eigenvalue weighted by molar-refractivity contribution is 5.88. The second-order valence-corrected chi connectivity index (χ2v) is 11.4. The molecule has 7 atom stereocenters. The summed E-state index contributed by atoms with van der Waals surface area (Å²) >= 11 is 0. The first-order valence-electron chi connectivity index (χ1n) is 13.2. The lowest BCUT2D eigenvalue weighted by Crippen LogP contribution is -2.67. The van der Waals surface area contributed by atoms with Gasteiger partial charge in [-0.05, 0) is 68.7 Å². The van der Waals surface area contributed by atoms with E-state index in [1.54, 1.807) is 0 Å². The third-order valence-corrected chi connectivity index (χ3v) is 9.42. The molecule has 0 aromatic rings. The molecule has 7 nitrogen and oxygen atoms in total. The van der Waals surface area contributed by atoms with Gasteiger partial charge in [-0.2, -0.15) is 5.26 Å². The minimum absolute atomic E-state index is 0.0715. The Morgan fingerprint density at radius 2 is 1.91 bits per heavy atom. The molecule has 0 bridgehead atoms. The number of carbonyl (C=O) groups excluding carboxylic acids is 1. The highest BCUT2D eigenvalue weighted by Crippen LogP contribution is 2.45. The number of likely N-dealkylation sites (tertiary alicyclic amines) is 1. The summed E-state index contributed by atoms with van der Waals surface area (Å²) in [5.74, 6) is 3.40. The van der Waals surface area contributed by atoms with E-state index >= 15 is 0 Å². The first kappa shape index (κ1) is 22.6. The van der Waals surface area contributed by atoms with Crippen molar-refractivity contribution in [3.05, 3.63) is 0 Å². The van der Waals surface area contributed by atoms with Crippen LogP contribution < -0.4 is 21.7 Å². The molecule has 7 unspecified atom stereocenters. The molecule has 3 saturated carbocycles. The van der Waals surface area contributed by atoms with Crippen LogP contribution in [0.1, 0.15) is 64.2 Å². The van der Waals surface area contributed by atoms with Crippen molar-refractivity contribution in [1.29, 1.82) is 5.26 Å². The zero-order valence-corrected chi connectivity index (χ0v) is 19.5. The van der Waals surface area contributed by atoms with Gasteiger partial charge in [-0.3, -0.25) is 15.0 Å². The second kappa shape index (κ2) is 9.58. The number of nitrogens with zero attached hydrogens (tertiary/aromatic N) is 2. The maximum absolute atomic E-state index is 12.6. The van der Waals surface area contributed by atoms with Crippen LogP contribution in [-0.2, 0) is 4.79 Å². The number of amides is 1. The molecule has 5 rings (SSSR count). The largest absolute Gasteiger partial charge is 0.354 e. The van der Waals surface area contributed by atoms with Gasteiger partial charge in [-0.15, -0.1) is 0 Å². The zero-order chi connectivity index (χ0) is 22.1. The van der Waals surface area contributed by atoms with Gasteiger partial charge in [0, 0.05) is 32.1 Å². The topological polar surface area (TPSA) is 106 Å². The predicted octanol–water partition coefficient (Wildman–Crippen LogP) is 1.75. The molecular formula is C25H42N6O.